The molecule has 0 atom stereocenters. The Morgan fingerprint density at radius 2 is 1.80 bits per heavy atom. The van der Waals surface area contributed by atoms with E-state index >= 15 is 0 Å². The SMILES string of the molecule is COC(=O)c1ccc(Oc2c(C)ccc(Br)c2F)cc1. The predicted octanol–water partition coefficient (Wildman–Crippen LogP) is 4.48. The van der Waals surface area contributed by atoms with Crippen LogP contribution in [0.5, 0.6) is 11.5 Å². The number of aryl methyl sites for hydroxylation is 1. The number of methoxy groups -OCH3 is 1. The van der Waals surface area contributed by atoms with Crippen molar-refractivity contribution in [3.05, 3.63) is 57.8 Å². The molecule has 0 radical (unpaired) electrons. The monoisotopic (exact) mass is 338 g/mol. The molecule has 0 aliphatic rings. The van der Waals surface area contributed by atoms with Crippen LogP contribution in [0, 0.1) is 12.7 Å². The first-order valence-corrected chi connectivity index (χ1v) is 6.63. The third-order valence-corrected chi connectivity index (χ3v) is 3.35. The Balaban J connectivity index is 2.27. The first-order chi connectivity index (χ1) is 9.52. The van der Waals surface area contributed by atoms with Gasteiger partial charge in [0.05, 0.1) is 17.1 Å². The quantitative estimate of drug-likeness (QED) is 0.774. The second-order valence-corrected chi connectivity index (χ2v) is 4.98. The minimum absolute atomic E-state index is 0.158. The average molecular weight is 339 g/mol. The maximum atomic E-state index is 14.0. The zero-order valence-corrected chi connectivity index (χ0v) is 12.5. The number of ether oxygens (including phenoxy) is 2. The number of benzene rings is 2. The number of hydrogen-bond donors (Lipinski definition) is 0. The number of hydrogen-bond acceptors (Lipinski definition) is 3. The molecule has 0 bridgehead atoms. The second-order valence-electron chi connectivity index (χ2n) is 4.13. The van der Waals surface area contributed by atoms with Gasteiger partial charge in [-0.25, -0.2) is 9.18 Å². The largest absolute Gasteiger partial charge is 0.465 e. The van der Waals surface area contributed by atoms with E-state index in [1.165, 1.54) is 7.11 Å². The zero-order chi connectivity index (χ0) is 14.7. The van der Waals surface area contributed by atoms with E-state index < -0.39 is 11.8 Å². The molecule has 20 heavy (non-hydrogen) atoms. The summed E-state index contributed by atoms with van der Waals surface area (Å²) in [5.41, 5.74) is 1.09. The lowest BCUT2D eigenvalue weighted by molar-refractivity contribution is 0.0600. The molecule has 5 heteroatoms. The molecule has 2 rings (SSSR count). The Morgan fingerprint density at radius 3 is 2.40 bits per heavy atom. The molecule has 0 unspecified atom stereocenters. The maximum Gasteiger partial charge on any atom is 0.337 e. The molecule has 0 saturated heterocycles. The Bertz CT molecular complexity index is 638. The van der Waals surface area contributed by atoms with Crippen molar-refractivity contribution in [2.24, 2.45) is 0 Å². The third-order valence-electron chi connectivity index (χ3n) is 2.74. The minimum Gasteiger partial charge on any atom is -0.465 e. The van der Waals surface area contributed by atoms with Crippen LogP contribution in [0.4, 0.5) is 4.39 Å². The number of esters is 1. The number of halogens is 2. The average Bonchev–Trinajstić information content (AvgIpc) is 2.47. The molecule has 0 aromatic heterocycles. The highest BCUT2D eigenvalue weighted by atomic mass is 79.9. The molecule has 0 fully saturated rings. The van der Waals surface area contributed by atoms with Crippen LogP contribution in [-0.4, -0.2) is 13.1 Å². The van der Waals surface area contributed by atoms with Crippen LogP contribution < -0.4 is 4.74 Å². The van der Waals surface area contributed by atoms with E-state index in [4.69, 9.17) is 4.74 Å². The van der Waals surface area contributed by atoms with Crippen LogP contribution in [0.1, 0.15) is 15.9 Å². The molecule has 2 aromatic carbocycles. The molecular weight excluding hydrogens is 327 g/mol. The van der Waals surface area contributed by atoms with Crippen molar-refractivity contribution >= 4 is 21.9 Å². The first kappa shape index (κ1) is 14.5. The highest BCUT2D eigenvalue weighted by Crippen LogP contribution is 2.32. The van der Waals surface area contributed by atoms with Crippen molar-refractivity contribution < 1.29 is 18.7 Å². The van der Waals surface area contributed by atoms with Gasteiger partial charge in [-0.15, -0.1) is 0 Å². The summed E-state index contributed by atoms with van der Waals surface area (Å²) in [6, 6.07) is 9.68. The molecule has 0 saturated carbocycles. The molecule has 0 aliphatic carbocycles. The first-order valence-electron chi connectivity index (χ1n) is 5.83. The summed E-state index contributed by atoms with van der Waals surface area (Å²) in [5, 5.41) is 0. The summed E-state index contributed by atoms with van der Waals surface area (Å²) in [6.45, 7) is 1.76. The Kier molecular flexibility index (Phi) is 4.39. The van der Waals surface area contributed by atoms with Gasteiger partial charge in [0, 0.05) is 0 Å². The molecule has 0 heterocycles. The van der Waals surface area contributed by atoms with E-state index in [9.17, 15) is 9.18 Å². The smallest absolute Gasteiger partial charge is 0.337 e. The van der Waals surface area contributed by atoms with Gasteiger partial charge >= 0.3 is 5.97 Å². The van der Waals surface area contributed by atoms with Gasteiger partial charge in [0.1, 0.15) is 5.75 Å². The normalized spacial score (nSPS) is 10.2. The molecule has 104 valence electrons. The summed E-state index contributed by atoms with van der Waals surface area (Å²) in [4.78, 5) is 11.3. The molecule has 0 spiro atoms. The summed E-state index contributed by atoms with van der Waals surface area (Å²) >= 11 is 3.12. The van der Waals surface area contributed by atoms with Crippen LogP contribution >= 0.6 is 15.9 Å². The van der Waals surface area contributed by atoms with Crippen molar-refractivity contribution in [1.29, 1.82) is 0 Å². The second kappa shape index (κ2) is 6.05. The van der Waals surface area contributed by atoms with Gasteiger partial charge in [0.15, 0.2) is 11.6 Å². The Hall–Kier alpha value is -1.88. The van der Waals surface area contributed by atoms with Gasteiger partial charge in [0.2, 0.25) is 0 Å². The molecule has 0 amide bonds. The highest BCUT2D eigenvalue weighted by molar-refractivity contribution is 9.10. The van der Waals surface area contributed by atoms with Gasteiger partial charge in [0.25, 0.3) is 0 Å². The predicted molar refractivity (Wildman–Crippen MR) is 76.7 cm³/mol. The number of rotatable bonds is 3. The maximum absolute atomic E-state index is 14.0. The summed E-state index contributed by atoms with van der Waals surface area (Å²) < 4.78 is 24.4. The molecule has 0 aliphatic heterocycles. The van der Waals surface area contributed by atoms with Gasteiger partial charge in [-0.3, -0.25) is 0 Å². The fourth-order valence-corrected chi connectivity index (χ4v) is 1.96. The fourth-order valence-electron chi connectivity index (χ4n) is 1.65. The highest BCUT2D eigenvalue weighted by Gasteiger charge is 2.12. The van der Waals surface area contributed by atoms with Crippen molar-refractivity contribution in [1.82, 2.24) is 0 Å². The lowest BCUT2D eigenvalue weighted by Crippen LogP contribution is -2.00. The topological polar surface area (TPSA) is 35.5 Å². The van der Waals surface area contributed by atoms with Gasteiger partial charge in [-0.05, 0) is 58.7 Å². The van der Waals surface area contributed by atoms with Crippen molar-refractivity contribution in [2.45, 2.75) is 6.92 Å². The Labute approximate surface area is 124 Å². The minimum atomic E-state index is -0.456. The van der Waals surface area contributed by atoms with Gasteiger partial charge in [-0.1, -0.05) is 6.07 Å². The van der Waals surface area contributed by atoms with Crippen LogP contribution in [0.25, 0.3) is 0 Å². The zero-order valence-electron chi connectivity index (χ0n) is 10.9. The van der Waals surface area contributed by atoms with E-state index in [1.54, 1.807) is 43.3 Å². The van der Waals surface area contributed by atoms with Crippen molar-refractivity contribution in [3.8, 4) is 11.5 Å². The lowest BCUT2D eigenvalue weighted by Gasteiger charge is -2.11. The molecule has 3 nitrogen and oxygen atoms in total. The molecular formula is C15H12BrFO3. The van der Waals surface area contributed by atoms with Crippen LogP contribution in [0.15, 0.2) is 40.9 Å². The van der Waals surface area contributed by atoms with Crippen LogP contribution in [-0.2, 0) is 4.74 Å². The third kappa shape index (κ3) is 2.99. The molecule has 2 aromatic rings. The summed E-state index contributed by atoms with van der Waals surface area (Å²) in [6.07, 6.45) is 0. The lowest BCUT2D eigenvalue weighted by atomic mass is 10.2. The van der Waals surface area contributed by atoms with Crippen LogP contribution in [0.3, 0.4) is 0 Å². The number of carbonyl (C=O) groups is 1. The van der Waals surface area contributed by atoms with E-state index in [0.29, 0.717) is 21.3 Å². The van der Waals surface area contributed by atoms with Gasteiger partial charge in [-0.2, -0.15) is 0 Å². The summed E-state index contributed by atoms with van der Waals surface area (Å²) in [5.74, 6) is -0.286. The van der Waals surface area contributed by atoms with E-state index in [2.05, 4.69) is 20.7 Å². The van der Waals surface area contributed by atoms with E-state index in [0.717, 1.165) is 0 Å². The van der Waals surface area contributed by atoms with E-state index in [1.807, 2.05) is 0 Å². The van der Waals surface area contributed by atoms with E-state index in [-0.39, 0.29) is 5.75 Å². The van der Waals surface area contributed by atoms with Crippen LogP contribution in [0.2, 0.25) is 0 Å². The molecule has 0 N–H and O–H groups in total. The van der Waals surface area contributed by atoms with Gasteiger partial charge < -0.3 is 9.47 Å². The summed E-state index contributed by atoms with van der Waals surface area (Å²) in [7, 11) is 1.31. The fraction of sp³-hybridized carbons (Fsp3) is 0.133. The standard InChI is InChI=1S/C15H12BrFO3/c1-9-3-8-12(16)13(17)14(9)20-11-6-4-10(5-7-11)15(18)19-2/h3-8H,1-2H3. The Morgan fingerprint density at radius 1 is 1.15 bits per heavy atom. The number of carbonyl (C=O) groups excluding carboxylic acids is 1. The van der Waals surface area contributed by atoms with Crippen molar-refractivity contribution in [3.63, 3.8) is 0 Å². The van der Waals surface area contributed by atoms with Crippen molar-refractivity contribution in [2.75, 3.05) is 7.11 Å².